The van der Waals surface area contributed by atoms with Crippen LogP contribution < -0.4 is 0 Å². The van der Waals surface area contributed by atoms with Gasteiger partial charge in [-0.25, -0.2) is 0 Å². The van der Waals surface area contributed by atoms with Crippen molar-refractivity contribution in [2.45, 2.75) is 19.3 Å². The zero-order valence-corrected chi connectivity index (χ0v) is 8.16. The molecule has 0 atom stereocenters. The van der Waals surface area contributed by atoms with Crippen molar-refractivity contribution in [2.75, 3.05) is 0 Å². The van der Waals surface area contributed by atoms with Crippen molar-refractivity contribution in [3.63, 3.8) is 0 Å². The van der Waals surface area contributed by atoms with Gasteiger partial charge in [-0.2, -0.15) is 0 Å². The Kier molecular flexibility index (Phi) is 3.57. The smallest absolute Gasteiger partial charge is 0.140 e. The molecule has 1 fully saturated rings. The lowest BCUT2D eigenvalue weighted by molar-refractivity contribution is -0.130. The molecule has 0 aromatic rings. The monoisotopic (exact) mass is 190 g/mol. The van der Waals surface area contributed by atoms with Crippen molar-refractivity contribution in [3.8, 4) is 0 Å². The molecule has 0 unspecified atom stereocenters. The maximum Gasteiger partial charge on any atom is 0.140 e. The molecular weight excluding hydrogens is 176 g/mol. The minimum Gasteiger partial charge on any atom is -0.299 e. The first kappa shape index (κ1) is 10.6. The zero-order valence-electron chi connectivity index (χ0n) is 8.16. The molecule has 1 aliphatic carbocycles. The quantitative estimate of drug-likeness (QED) is 0.505. The van der Waals surface area contributed by atoms with E-state index < -0.39 is 0 Å². The lowest BCUT2D eigenvalue weighted by atomic mass is 9.82. The number of ketones is 2. The lowest BCUT2D eigenvalue weighted by Gasteiger charge is -2.20. The third-order valence-electron chi connectivity index (χ3n) is 2.36. The second-order valence-electron chi connectivity index (χ2n) is 3.47. The van der Waals surface area contributed by atoms with E-state index in [0.29, 0.717) is 12.8 Å². The summed E-state index contributed by atoms with van der Waals surface area (Å²) in [4.78, 5) is 22.4. The van der Waals surface area contributed by atoms with E-state index in [1.54, 1.807) is 12.2 Å². The highest BCUT2D eigenvalue weighted by Gasteiger charge is 2.26. The Morgan fingerprint density at radius 1 is 1.21 bits per heavy atom. The molecule has 0 aromatic heterocycles. The Bertz CT molecular complexity index is 294. The maximum absolute atomic E-state index is 11.2. The van der Waals surface area contributed by atoms with Crippen LogP contribution in [-0.2, 0) is 9.59 Å². The summed E-state index contributed by atoms with van der Waals surface area (Å²) in [5, 5.41) is 0. The summed E-state index contributed by atoms with van der Waals surface area (Å²) in [7, 11) is 0. The number of hydrogen-bond acceptors (Lipinski definition) is 2. The van der Waals surface area contributed by atoms with Crippen LogP contribution in [0.2, 0.25) is 0 Å². The molecule has 1 rings (SSSR count). The summed E-state index contributed by atoms with van der Waals surface area (Å²) in [6.07, 6.45) is 6.17. The van der Waals surface area contributed by atoms with E-state index in [-0.39, 0.29) is 23.9 Å². The van der Waals surface area contributed by atoms with Gasteiger partial charge in [0.1, 0.15) is 11.6 Å². The van der Waals surface area contributed by atoms with Crippen LogP contribution in [0.1, 0.15) is 19.3 Å². The van der Waals surface area contributed by atoms with Crippen molar-refractivity contribution in [1.82, 2.24) is 0 Å². The van der Waals surface area contributed by atoms with Gasteiger partial charge in [0, 0.05) is 12.8 Å². The Balaban J connectivity index is 2.80. The summed E-state index contributed by atoms with van der Waals surface area (Å²) >= 11 is 0. The predicted octanol–water partition coefficient (Wildman–Crippen LogP) is 2.22. The molecule has 0 radical (unpaired) electrons. The third kappa shape index (κ3) is 2.52. The first-order valence-corrected chi connectivity index (χ1v) is 4.65. The predicted molar refractivity (Wildman–Crippen MR) is 55.8 cm³/mol. The maximum atomic E-state index is 11.2. The second-order valence-corrected chi connectivity index (χ2v) is 3.47. The van der Waals surface area contributed by atoms with Gasteiger partial charge < -0.3 is 0 Å². The Labute approximate surface area is 84.0 Å². The average molecular weight is 190 g/mol. The molecule has 74 valence electrons. The summed E-state index contributed by atoms with van der Waals surface area (Å²) in [5.41, 5.74) is 0.932. The van der Waals surface area contributed by atoms with Crippen LogP contribution in [0.25, 0.3) is 0 Å². The van der Waals surface area contributed by atoms with Crippen LogP contribution >= 0.6 is 0 Å². The van der Waals surface area contributed by atoms with Crippen LogP contribution in [0.5, 0.6) is 0 Å². The molecule has 1 saturated carbocycles. The SMILES string of the molecule is C=C/C=C(\C=C)C1CC(=O)CC(=O)C1. The van der Waals surface area contributed by atoms with Crippen LogP contribution in [-0.4, -0.2) is 11.6 Å². The highest BCUT2D eigenvalue weighted by molar-refractivity contribution is 6.01. The van der Waals surface area contributed by atoms with E-state index in [1.165, 1.54) is 0 Å². The van der Waals surface area contributed by atoms with Crippen molar-refractivity contribution >= 4 is 11.6 Å². The first-order valence-electron chi connectivity index (χ1n) is 4.65. The van der Waals surface area contributed by atoms with Gasteiger partial charge in [0.05, 0.1) is 6.42 Å². The fraction of sp³-hybridized carbons (Fsp3) is 0.333. The molecule has 0 heterocycles. The highest BCUT2D eigenvalue weighted by Crippen LogP contribution is 2.26. The van der Waals surface area contributed by atoms with E-state index in [9.17, 15) is 9.59 Å². The van der Waals surface area contributed by atoms with Gasteiger partial charge in [-0.3, -0.25) is 9.59 Å². The molecule has 0 amide bonds. The normalized spacial score (nSPS) is 19.6. The van der Waals surface area contributed by atoms with E-state index in [2.05, 4.69) is 13.2 Å². The zero-order chi connectivity index (χ0) is 10.6. The first-order chi connectivity index (χ1) is 6.67. The number of allylic oxidation sites excluding steroid dienone is 4. The fourth-order valence-electron chi connectivity index (χ4n) is 1.73. The van der Waals surface area contributed by atoms with Crippen molar-refractivity contribution in [3.05, 3.63) is 37.0 Å². The Morgan fingerprint density at radius 3 is 2.21 bits per heavy atom. The summed E-state index contributed by atoms with van der Waals surface area (Å²) in [5.74, 6) is 0.0744. The standard InChI is InChI=1S/C12H14O2/c1-3-5-9(4-2)10-6-11(13)8-12(14)7-10/h3-5,10H,1-2,6-8H2/b9-5+. The number of Topliss-reactive ketones (excluding diaryl/α,β-unsaturated/α-hetero) is 2. The van der Waals surface area contributed by atoms with Gasteiger partial charge in [-0.05, 0) is 11.5 Å². The number of hydrogen-bond donors (Lipinski definition) is 0. The van der Waals surface area contributed by atoms with Gasteiger partial charge in [-0.15, -0.1) is 0 Å². The molecule has 0 bridgehead atoms. The number of carbonyl (C=O) groups is 2. The highest BCUT2D eigenvalue weighted by atomic mass is 16.1. The Morgan fingerprint density at radius 2 is 1.79 bits per heavy atom. The van der Waals surface area contributed by atoms with E-state index in [1.807, 2.05) is 6.08 Å². The average Bonchev–Trinajstić information content (AvgIpc) is 2.12. The number of carbonyl (C=O) groups excluding carboxylic acids is 2. The Hall–Kier alpha value is -1.44. The van der Waals surface area contributed by atoms with Crippen molar-refractivity contribution in [2.24, 2.45) is 5.92 Å². The van der Waals surface area contributed by atoms with Gasteiger partial charge in [0.2, 0.25) is 0 Å². The van der Waals surface area contributed by atoms with Crippen molar-refractivity contribution < 1.29 is 9.59 Å². The van der Waals surface area contributed by atoms with Crippen LogP contribution in [0.4, 0.5) is 0 Å². The van der Waals surface area contributed by atoms with E-state index >= 15 is 0 Å². The topological polar surface area (TPSA) is 34.1 Å². The van der Waals surface area contributed by atoms with Gasteiger partial charge in [-0.1, -0.05) is 31.4 Å². The van der Waals surface area contributed by atoms with Crippen molar-refractivity contribution in [1.29, 1.82) is 0 Å². The van der Waals surface area contributed by atoms with Crippen LogP contribution in [0.15, 0.2) is 37.0 Å². The minimum absolute atomic E-state index is 0.0132. The largest absolute Gasteiger partial charge is 0.299 e. The molecule has 0 spiro atoms. The minimum atomic E-state index is 0.0132. The molecule has 2 nitrogen and oxygen atoms in total. The summed E-state index contributed by atoms with van der Waals surface area (Å²) in [6.45, 7) is 7.25. The van der Waals surface area contributed by atoms with E-state index in [4.69, 9.17) is 0 Å². The molecule has 0 N–H and O–H groups in total. The molecular formula is C12H14O2. The third-order valence-corrected chi connectivity index (χ3v) is 2.36. The molecule has 2 heteroatoms. The number of rotatable bonds is 3. The molecule has 1 aliphatic rings. The molecule has 14 heavy (non-hydrogen) atoms. The fourth-order valence-corrected chi connectivity index (χ4v) is 1.73. The molecule has 0 aliphatic heterocycles. The van der Waals surface area contributed by atoms with Gasteiger partial charge in [0.15, 0.2) is 0 Å². The summed E-state index contributed by atoms with van der Waals surface area (Å²) in [6, 6.07) is 0. The molecule has 0 aromatic carbocycles. The lowest BCUT2D eigenvalue weighted by Crippen LogP contribution is -2.23. The van der Waals surface area contributed by atoms with Gasteiger partial charge in [0.25, 0.3) is 0 Å². The van der Waals surface area contributed by atoms with Gasteiger partial charge >= 0.3 is 0 Å². The van der Waals surface area contributed by atoms with E-state index in [0.717, 1.165) is 5.57 Å². The molecule has 0 saturated heterocycles. The van der Waals surface area contributed by atoms with Crippen LogP contribution in [0.3, 0.4) is 0 Å². The summed E-state index contributed by atoms with van der Waals surface area (Å²) < 4.78 is 0. The second kappa shape index (κ2) is 4.70. The van der Waals surface area contributed by atoms with Crippen LogP contribution in [0, 0.1) is 5.92 Å².